The van der Waals surface area contributed by atoms with E-state index in [9.17, 15) is 4.79 Å². The molecule has 0 aliphatic carbocycles. The number of urea groups is 1. The molecule has 2 amide bonds. The first kappa shape index (κ1) is 20.6. The number of likely N-dealkylation sites (tertiary alicyclic amines) is 1. The fourth-order valence-corrected chi connectivity index (χ4v) is 3.64. The smallest absolute Gasteiger partial charge is 0.320 e. The van der Waals surface area contributed by atoms with E-state index in [-0.39, 0.29) is 12.1 Å². The molecule has 0 spiro atoms. The van der Waals surface area contributed by atoms with E-state index in [2.05, 4.69) is 9.97 Å². The third kappa shape index (κ3) is 5.09. The fourth-order valence-electron chi connectivity index (χ4n) is 3.64. The molecule has 3 heterocycles. The van der Waals surface area contributed by atoms with E-state index in [4.69, 9.17) is 18.9 Å². The SMILES string of the molecule is COCCOc1ccc2cnc(OC3CCN(C(=O)N4CCOCC4)CC3)nc2c1. The number of carbonyl (C=O) groups excluding carboxylic acids is 1. The Bertz CT molecular complexity index is 850. The summed E-state index contributed by atoms with van der Waals surface area (Å²) in [4.78, 5) is 25.2. The molecule has 9 nitrogen and oxygen atoms in total. The summed E-state index contributed by atoms with van der Waals surface area (Å²) in [6, 6.07) is 6.15. The van der Waals surface area contributed by atoms with Gasteiger partial charge in [0.25, 0.3) is 0 Å². The Labute approximate surface area is 175 Å². The number of benzene rings is 1. The Morgan fingerprint density at radius 3 is 2.67 bits per heavy atom. The highest BCUT2D eigenvalue weighted by Crippen LogP contribution is 2.22. The van der Waals surface area contributed by atoms with Crippen LogP contribution in [0.3, 0.4) is 0 Å². The van der Waals surface area contributed by atoms with E-state index in [1.54, 1.807) is 13.3 Å². The molecule has 0 bridgehead atoms. The second-order valence-corrected chi connectivity index (χ2v) is 7.40. The van der Waals surface area contributed by atoms with Crippen molar-refractivity contribution in [3.63, 3.8) is 0 Å². The Morgan fingerprint density at radius 1 is 1.13 bits per heavy atom. The average molecular weight is 416 g/mol. The number of aromatic nitrogens is 2. The molecular weight excluding hydrogens is 388 g/mol. The van der Waals surface area contributed by atoms with Gasteiger partial charge in [0.2, 0.25) is 0 Å². The van der Waals surface area contributed by atoms with Gasteiger partial charge in [-0.3, -0.25) is 0 Å². The highest BCUT2D eigenvalue weighted by atomic mass is 16.5. The molecule has 2 fully saturated rings. The number of amides is 2. The summed E-state index contributed by atoms with van der Waals surface area (Å²) in [6.45, 7) is 4.92. The van der Waals surface area contributed by atoms with Gasteiger partial charge < -0.3 is 28.7 Å². The number of hydrogen-bond donors (Lipinski definition) is 0. The van der Waals surface area contributed by atoms with Crippen LogP contribution in [0.15, 0.2) is 24.4 Å². The molecule has 4 rings (SSSR count). The maximum Gasteiger partial charge on any atom is 0.320 e. The molecule has 1 aromatic carbocycles. The maximum atomic E-state index is 12.6. The summed E-state index contributed by atoms with van der Waals surface area (Å²) in [5.41, 5.74) is 0.773. The van der Waals surface area contributed by atoms with Crippen LogP contribution in [0.4, 0.5) is 4.79 Å². The summed E-state index contributed by atoms with van der Waals surface area (Å²) >= 11 is 0. The van der Waals surface area contributed by atoms with Crippen LogP contribution in [0.5, 0.6) is 11.8 Å². The van der Waals surface area contributed by atoms with Gasteiger partial charge in [0, 0.05) is 63.8 Å². The molecule has 0 unspecified atom stereocenters. The second-order valence-electron chi connectivity index (χ2n) is 7.40. The zero-order valence-corrected chi connectivity index (χ0v) is 17.3. The minimum Gasteiger partial charge on any atom is -0.491 e. The van der Waals surface area contributed by atoms with Gasteiger partial charge in [0.15, 0.2) is 0 Å². The largest absolute Gasteiger partial charge is 0.491 e. The number of methoxy groups -OCH3 is 1. The summed E-state index contributed by atoms with van der Waals surface area (Å²) in [7, 11) is 1.64. The van der Waals surface area contributed by atoms with E-state index in [1.807, 2.05) is 28.0 Å². The van der Waals surface area contributed by atoms with Crippen LogP contribution in [0.2, 0.25) is 0 Å². The van der Waals surface area contributed by atoms with Gasteiger partial charge in [-0.1, -0.05) is 0 Å². The van der Waals surface area contributed by atoms with Crippen molar-refractivity contribution in [3.8, 4) is 11.8 Å². The maximum absolute atomic E-state index is 12.6. The van der Waals surface area contributed by atoms with Crippen molar-refractivity contribution in [2.45, 2.75) is 18.9 Å². The van der Waals surface area contributed by atoms with Crippen LogP contribution < -0.4 is 9.47 Å². The van der Waals surface area contributed by atoms with Crippen molar-refractivity contribution in [1.82, 2.24) is 19.8 Å². The number of rotatable bonds is 6. The average Bonchev–Trinajstić information content (AvgIpc) is 2.80. The zero-order chi connectivity index (χ0) is 20.8. The fraction of sp³-hybridized carbons (Fsp3) is 0.571. The van der Waals surface area contributed by atoms with Gasteiger partial charge in [-0.2, -0.15) is 4.98 Å². The van der Waals surface area contributed by atoms with Crippen molar-refractivity contribution in [2.75, 3.05) is 59.7 Å². The summed E-state index contributed by atoms with van der Waals surface area (Å²) in [5.74, 6) is 0.735. The standard InChI is InChI=1S/C21H28N4O5/c1-27-12-13-29-18-3-2-16-15-22-20(23-19(16)14-18)30-17-4-6-24(7-5-17)21(26)25-8-10-28-11-9-25/h2-3,14-15,17H,4-13H2,1H3. The molecule has 2 aromatic rings. The number of hydrogen-bond acceptors (Lipinski definition) is 7. The highest BCUT2D eigenvalue weighted by Gasteiger charge is 2.28. The lowest BCUT2D eigenvalue weighted by Gasteiger charge is -2.36. The second kappa shape index (κ2) is 9.90. The molecule has 0 radical (unpaired) electrons. The van der Waals surface area contributed by atoms with E-state index in [1.165, 1.54) is 0 Å². The van der Waals surface area contributed by atoms with Crippen molar-refractivity contribution < 1.29 is 23.7 Å². The third-order valence-corrected chi connectivity index (χ3v) is 5.35. The van der Waals surface area contributed by atoms with E-state index >= 15 is 0 Å². The van der Waals surface area contributed by atoms with Gasteiger partial charge in [-0.05, 0) is 12.1 Å². The summed E-state index contributed by atoms with van der Waals surface area (Å²) in [6.07, 6.45) is 3.28. The van der Waals surface area contributed by atoms with Gasteiger partial charge in [-0.25, -0.2) is 9.78 Å². The molecule has 2 aliphatic heterocycles. The molecule has 162 valence electrons. The molecule has 2 aliphatic rings. The minimum absolute atomic E-state index is 0.00248. The molecule has 0 N–H and O–H groups in total. The van der Waals surface area contributed by atoms with E-state index in [0.29, 0.717) is 58.6 Å². The molecule has 30 heavy (non-hydrogen) atoms. The third-order valence-electron chi connectivity index (χ3n) is 5.35. The molecule has 2 saturated heterocycles. The van der Waals surface area contributed by atoms with Gasteiger partial charge in [0.05, 0.1) is 25.3 Å². The highest BCUT2D eigenvalue weighted by molar-refractivity contribution is 5.79. The van der Waals surface area contributed by atoms with Crippen LogP contribution in [0, 0.1) is 0 Å². The lowest BCUT2D eigenvalue weighted by Crippen LogP contribution is -2.51. The monoisotopic (exact) mass is 416 g/mol. The van der Waals surface area contributed by atoms with Crippen molar-refractivity contribution >= 4 is 16.9 Å². The van der Waals surface area contributed by atoms with Crippen LogP contribution in [-0.2, 0) is 9.47 Å². The lowest BCUT2D eigenvalue weighted by atomic mass is 10.1. The molecule has 9 heteroatoms. The first-order valence-corrected chi connectivity index (χ1v) is 10.4. The van der Waals surface area contributed by atoms with Crippen molar-refractivity contribution in [1.29, 1.82) is 0 Å². The van der Waals surface area contributed by atoms with Gasteiger partial charge in [-0.15, -0.1) is 0 Å². The number of fused-ring (bicyclic) bond motifs is 1. The van der Waals surface area contributed by atoms with Crippen LogP contribution in [-0.4, -0.2) is 91.6 Å². The number of morpholine rings is 1. The van der Waals surface area contributed by atoms with E-state index < -0.39 is 0 Å². The molecule has 0 atom stereocenters. The predicted octanol–water partition coefficient (Wildman–Crippen LogP) is 1.95. The van der Waals surface area contributed by atoms with Crippen LogP contribution in [0.25, 0.3) is 10.9 Å². The molecule has 1 aromatic heterocycles. The Morgan fingerprint density at radius 2 is 1.90 bits per heavy atom. The zero-order valence-electron chi connectivity index (χ0n) is 17.3. The first-order chi connectivity index (χ1) is 14.7. The van der Waals surface area contributed by atoms with Gasteiger partial charge >= 0.3 is 12.0 Å². The van der Waals surface area contributed by atoms with Crippen molar-refractivity contribution in [3.05, 3.63) is 24.4 Å². The number of piperidine rings is 1. The summed E-state index contributed by atoms with van der Waals surface area (Å²) in [5, 5.41) is 0.923. The predicted molar refractivity (Wildman–Crippen MR) is 110 cm³/mol. The Kier molecular flexibility index (Phi) is 6.81. The van der Waals surface area contributed by atoms with Gasteiger partial charge in [0.1, 0.15) is 18.5 Å². The van der Waals surface area contributed by atoms with Crippen LogP contribution in [0.1, 0.15) is 12.8 Å². The molecule has 0 saturated carbocycles. The summed E-state index contributed by atoms with van der Waals surface area (Å²) < 4.78 is 22.0. The number of carbonyl (C=O) groups is 1. The number of nitrogens with zero attached hydrogens (tertiary/aromatic N) is 4. The topological polar surface area (TPSA) is 86.2 Å². The molecular formula is C21H28N4O5. The minimum atomic E-state index is -0.00248. The Hall–Kier alpha value is -2.65. The quantitative estimate of drug-likeness (QED) is 0.665. The number of ether oxygens (including phenoxy) is 4. The van der Waals surface area contributed by atoms with Crippen LogP contribution >= 0.6 is 0 Å². The Balaban J connectivity index is 1.32. The van der Waals surface area contributed by atoms with Crippen molar-refractivity contribution in [2.24, 2.45) is 0 Å². The normalized spacial score (nSPS) is 17.9. The first-order valence-electron chi connectivity index (χ1n) is 10.4. The van der Waals surface area contributed by atoms with E-state index in [0.717, 1.165) is 29.5 Å². The lowest BCUT2D eigenvalue weighted by molar-refractivity contribution is 0.0354.